The average Bonchev–Trinajstić information content (AvgIpc) is 2.54. The summed E-state index contributed by atoms with van der Waals surface area (Å²) in [5.41, 5.74) is -0.982. The maximum Gasteiger partial charge on any atom is 0.433 e. The summed E-state index contributed by atoms with van der Waals surface area (Å²) in [6.45, 7) is 1.78. The molecule has 0 saturated carbocycles. The Morgan fingerprint density at radius 3 is 2.46 bits per heavy atom. The molecular formula is C16H11BrF3N3O. The molecule has 3 aromatic rings. The lowest BCUT2D eigenvalue weighted by molar-refractivity contribution is -0.141. The van der Waals surface area contributed by atoms with Crippen LogP contribution in [0.25, 0.3) is 16.7 Å². The van der Waals surface area contributed by atoms with Crippen molar-refractivity contribution in [3.8, 4) is 5.69 Å². The summed E-state index contributed by atoms with van der Waals surface area (Å²) >= 11 is 3.31. The number of pyridine rings is 1. The van der Waals surface area contributed by atoms with Gasteiger partial charge in [-0.25, -0.2) is 14.3 Å². The number of nitrogens with zero attached hydrogens (tertiary/aromatic N) is 3. The van der Waals surface area contributed by atoms with E-state index in [4.69, 9.17) is 0 Å². The van der Waals surface area contributed by atoms with Crippen LogP contribution in [0.2, 0.25) is 0 Å². The second kappa shape index (κ2) is 6.01. The molecule has 0 aliphatic carbocycles. The number of aromatic nitrogens is 3. The van der Waals surface area contributed by atoms with Crippen LogP contribution in [-0.4, -0.2) is 14.5 Å². The lowest BCUT2D eigenvalue weighted by Gasteiger charge is -2.14. The third-order valence-corrected chi connectivity index (χ3v) is 4.21. The van der Waals surface area contributed by atoms with Crippen molar-refractivity contribution in [3.63, 3.8) is 0 Å². The molecule has 2 heterocycles. The van der Waals surface area contributed by atoms with Crippen LogP contribution in [0.3, 0.4) is 0 Å². The van der Waals surface area contributed by atoms with E-state index in [9.17, 15) is 18.0 Å². The van der Waals surface area contributed by atoms with Crippen molar-refractivity contribution in [1.29, 1.82) is 0 Å². The SMILES string of the molecule is CCc1nc(=O)n(-c2ccccc2Br)c2nc(C(F)(F)F)ccc12. The van der Waals surface area contributed by atoms with Crippen molar-refractivity contribution in [2.45, 2.75) is 19.5 Å². The molecule has 0 atom stereocenters. The van der Waals surface area contributed by atoms with Crippen LogP contribution in [0.15, 0.2) is 45.7 Å². The number of hydrogen-bond donors (Lipinski definition) is 0. The van der Waals surface area contributed by atoms with Gasteiger partial charge in [-0.3, -0.25) is 0 Å². The molecule has 0 radical (unpaired) electrons. The Morgan fingerprint density at radius 2 is 1.83 bits per heavy atom. The number of benzene rings is 1. The van der Waals surface area contributed by atoms with Gasteiger partial charge in [-0.05, 0) is 46.6 Å². The van der Waals surface area contributed by atoms with Crippen LogP contribution in [0.5, 0.6) is 0 Å². The first-order valence-electron chi connectivity index (χ1n) is 7.07. The van der Waals surface area contributed by atoms with Crippen molar-refractivity contribution >= 4 is 27.0 Å². The van der Waals surface area contributed by atoms with Gasteiger partial charge in [0.1, 0.15) is 5.69 Å². The standard InChI is InChI=1S/C16H11BrF3N3O/c1-2-11-9-7-8-13(16(18,19)20)22-14(9)23(15(24)21-11)12-6-4-3-5-10(12)17/h3-8H,2H2,1H3. The van der Waals surface area contributed by atoms with Crippen molar-refractivity contribution in [1.82, 2.24) is 14.5 Å². The fourth-order valence-electron chi connectivity index (χ4n) is 2.44. The third-order valence-electron chi connectivity index (χ3n) is 3.54. The number of aryl methyl sites for hydroxylation is 1. The van der Waals surface area contributed by atoms with Gasteiger partial charge in [0.15, 0.2) is 5.65 Å². The minimum absolute atomic E-state index is 0.0615. The van der Waals surface area contributed by atoms with E-state index in [0.29, 0.717) is 27.7 Å². The molecule has 2 aromatic heterocycles. The molecule has 1 aromatic carbocycles. The van der Waals surface area contributed by atoms with Crippen LogP contribution < -0.4 is 5.69 Å². The summed E-state index contributed by atoms with van der Waals surface area (Å²) in [6, 6.07) is 8.93. The summed E-state index contributed by atoms with van der Waals surface area (Å²) in [6.07, 6.45) is -4.19. The van der Waals surface area contributed by atoms with Crippen LogP contribution >= 0.6 is 15.9 Å². The van der Waals surface area contributed by atoms with Crippen molar-refractivity contribution in [2.24, 2.45) is 0 Å². The summed E-state index contributed by atoms with van der Waals surface area (Å²) in [5, 5.41) is 0.417. The molecule has 0 amide bonds. The zero-order chi connectivity index (χ0) is 17.5. The molecular weight excluding hydrogens is 387 g/mol. The summed E-state index contributed by atoms with van der Waals surface area (Å²) in [4.78, 5) is 20.1. The molecule has 0 fully saturated rings. The molecule has 8 heteroatoms. The van der Waals surface area contributed by atoms with Crippen LogP contribution in [0.1, 0.15) is 18.3 Å². The van der Waals surface area contributed by atoms with E-state index >= 15 is 0 Å². The molecule has 0 saturated heterocycles. The van der Waals surface area contributed by atoms with Gasteiger partial charge in [-0.1, -0.05) is 19.1 Å². The highest BCUT2D eigenvalue weighted by Gasteiger charge is 2.33. The molecule has 0 spiro atoms. The van der Waals surface area contributed by atoms with Crippen LogP contribution in [-0.2, 0) is 12.6 Å². The first-order valence-corrected chi connectivity index (χ1v) is 7.87. The van der Waals surface area contributed by atoms with Gasteiger partial charge in [-0.2, -0.15) is 18.2 Å². The third kappa shape index (κ3) is 2.82. The van der Waals surface area contributed by atoms with Gasteiger partial charge in [0.2, 0.25) is 0 Å². The fourth-order valence-corrected chi connectivity index (χ4v) is 2.90. The Labute approximate surface area is 143 Å². The smallest absolute Gasteiger partial charge is 0.245 e. The quantitative estimate of drug-likeness (QED) is 0.653. The Balaban J connectivity index is 2.46. The van der Waals surface area contributed by atoms with Gasteiger partial charge in [0.25, 0.3) is 0 Å². The minimum Gasteiger partial charge on any atom is -0.245 e. The number of halogens is 4. The molecule has 124 valence electrons. The van der Waals surface area contributed by atoms with Gasteiger partial charge < -0.3 is 0 Å². The Morgan fingerprint density at radius 1 is 1.12 bits per heavy atom. The lowest BCUT2D eigenvalue weighted by Crippen LogP contribution is -2.25. The molecule has 3 rings (SSSR count). The van der Waals surface area contributed by atoms with Crippen molar-refractivity contribution in [3.05, 3.63) is 62.7 Å². The van der Waals surface area contributed by atoms with Gasteiger partial charge >= 0.3 is 11.9 Å². The zero-order valence-corrected chi connectivity index (χ0v) is 14.0. The predicted molar refractivity (Wildman–Crippen MR) is 87.2 cm³/mol. The predicted octanol–water partition coefficient (Wildman–Crippen LogP) is 4.12. The monoisotopic (exact) mass is 397 g/mol. The van der Waals surface area contributed by atoms with Crippen molar-refractivity contribution < 1.29 is 13.2 Å². The second-order valence-electron chi connectivity index (χ2n) is 5.05. The molecule has 0 unspecified atom stereocenters. The number of alkyl halides is 3. The van der Waals surface area contributed by atoms with E-state index < -0.39 is 17.6 Å². The van der Waals surface area contributed by atoms with Crippen LogP contribution in [0.4, 0.5) is 13.2 Å². The largest absolute Gasteiger partial charge is 0.433 e. The van der Waals surface area contributed by atoms with Gasteiger partial charge in [0.05, 0.1) is 11.4 Å². The van der Waals surface area contributed by atoms with E-state index in [1.165, 1.54) is 6.07 Å². The molecule has 0 N–H and O–H groups in total. The molecule has 4 nitrogen and oxygen atoms in total. The van der Waals surface area contributed by atoms with Crippen molar-refractivity contribution in [2.75, 3.05) is 0 Å². The number of rotatable bonds is 2. The zero-order valence-electron chi connectivity index (χ0n) is 12.4. The van der Waals surface area contributed by atoms with E-state index in [1.54, 1.807) is 31.2 Å². The van der Waals surface area contributed by atoms with Gasteiger partial charge in [0, 0.05) is 9.86 Å². The second-order valence-corrected chi connectivity index (χ2v) is 5.90. The number of fused-ring (bicyclic) bond motifs is 1. The summed E-state index contributed by atoms with van der Waals surface area (Å²) in [7, 11) is 0. The van der Waals surface area contributed by atoms with E-state index in [2.05, 4.69) is 25.9 Å². The van der Waals surface area contributed by atoms with E-state index in [0.717, 1.165) is 10.6 Å². The van der Waals surface area contributed by atoms with E-state index in [1.807, 2.05) is 0 Å². The minimum atomic E-state index is -4.60. The maximum absolute atomic E-state index is 13.0. The van der Waals surface area contributed by atoms with E-state index in [-0.39, 0.29) is 5.65 Å². The number of hydrogen-bond acceptors (Lipinski definition) is 3. The van der Waals surface area contributed by atoms with Crippen LogP contribution in [0, 0.1) is 0 Å². The summed E-state index contributed by atoms with van der Waals surface area (Å²) in [5.74, 6) is 0. The molecule has 0 bridgehead atoms. The molecule has 24 heavy (non-hydrogen) atoms. The number of para-hydroxylation sites is 1. The molecule has 0 aliphatic rings. The first-order chi connectivity index (χ1) is 11.3. The highest BCUT2D eigenvalue weighted by Crippen LogP contribution is 2.30. The Bertz CT molecular complexity index is 982. The normalized spacial score (nSPS) is 11.9. The maximum atomic E-state index is 13.0. The highest BCUT2D eigenvalue weighted by atomic mass is 79.9. The Kier molecular flexibility index (Phi) is 4.16. The Hall–Kier alpha value is -2.22. The molecule has 0 aliphatic heterocycles. The highest BCUT2D eigenvalue weighted by molar-refractivity contribution is 9.10. The topological polar surface area (TPSA) is 47.8 Å². The lowest BCUT2D eigenvalue weighted by atomic mass is 10.2. The van der Waals surface area contributed by atoms with Gasteiger partial charge in [-0.15, -0.1) is 0 Å². The fraction of sp³-hybridized carbons (Fsp3) is 0.188. The average molecular weight is 398 g/mol. The summed E-state index contributed by atoms with van der Waals surface area (Å²) < 4.78 is 40.8. The first kappa shape index (κ1) is 16.6.